The number of hydrogen-bond donors (Lipinski definition) is 2. The molecule has 2 nitrogen and oxygen atoms in total. The first-order chi connectivity index (χ1) is 7.38. The van der Waals surface area contributed by atoms with Gasteiger partial charge < -0.3 is 10.8 Å². The Kier molecular flexibility index (Phi) is 3.88. The van der Waals surface area contributed by atoms with Gasteiger partial charge in [0.1, 0.15) is 5.82 Å². The molecule has 0 heterocycles. The maximum absolute atomic E-state index is 13.3. The van der Waals surface area contributed by atoms with Gasteiger partial charge in [-0.2, -0.15) is 13.2 Å². The number of aliphatic hydroxyl groups is 1. The summed E-state index contributed by atoms with van der Waals surface area (Å²) in [6.07, 6.45) is -6.35. The van der Waals surface area contributed by atoms with E-state index in [0.29, 0.717) is 0 Å². The largest absolute Gasteiger partial charge is 0.416 e. The number of alkyl halides is 3. The van der Waals surface area contributed by atoms with Crippen LogP contribution in [0.3, 0.4) is 0 Å². The van der Waals surface area contributed by atoms with Crippen molar-refractivity contribution < 1.29 is 22.7 Å². The molecule has 3 N–H and O–H groups in total. The zero-order chi connectivity index (χ0) is 12.3. The lowest BCUT2D eigenvalue weighted by atomic mass is 9.99. The van der Waals surface area contributed by atoms with Crippen LogP contribution in [-0.2, 0) is 6.18 Å². The fraction of sp³-hybridized carbons (Fsp3) is 0.400. The summed E-state index contributed by atoms with van der Waals surface area (Å²) in [4.78, 5) is 0. The third-order valence-corrected chi connectivity index (χ3v) is 2.13. The number of halogens is 4. The normalized spacial score (nSPS) is 13.9. The fourth-order valence-electron chi connectivity index (χ4n) is 1.43. The molecule has 0 aromatic heterocycles. The molecule has 0 saturated heterocycles. The zero-order valence-corrected chi connectivity index (χ0v) is 8.26. The van der Waals surface area contributed by atoms with Crippen molar-refractivity contribution in [2.45, 2.75) is 18.7 Å². The third kappa shape index (κ3) is 2.70. The van der Waals surface area contributed by atoms with Crippen LogP contribution in [0.5, 0.6) is 0 Å². The first kappa shape index (κ1) is 12.9. The Morgan fingerprint density at radius 3 is 2.44 bits per heavy atom. The minimum absolute atomic E-state index is 0.0210. The molecule has 0 aliphatic carbocycles. The molecule has 1 aromatic rings. The smallest absolute Gasteiger partial charge is 0.388 e. The lowest BCUT2D eigenvalue weighted by molar-refractivity contribution is -0.139. The number of rotatable bonds is 3. The van der Waals surface area contributed by atoms with Crippen molar-refractivity contribution in [3.63, 3.8) is 0 Å². The van der Waals surface area contributed by atoms with E-state index in [4.69, 9.17) is 5.73 Å². The summed E-state index contributed by atoms with van der Waals surface area (Å²) in [7, 11) is 0. The molecule has 0 aliphatic heterocycles. The molecule has 0 radical (unpaired) electrons. The first-order valence-electron chi connectivity index (χ1n) is 4.61. The minimum atomic E-state index is -4.69. The van der Waals surface area contributed by atoms with Crippen LogP contribution in [0.2, 0.25) is 0 Å². The zero-order valence-electron chi connectivity index (χ0n) is 8.26. The lowest BCUT2D eigenvalue weighted by Gasteiger charge is -2.17. The van der Waals surface area contributed by atoms with Crippen LogP contribution in [0, 0.1) is 5.82 Å². The SMILES string of the molecule is NCCC(O)c1c(F)cccc1C(F)(F)F. The molecule has 16 heavy (non-hydrogen) atoms. The van der Waals surface area contributed by atoms with Gasteiger partial charge in [-0.05, 0) is 25.1 Å². The van der Waals surface area contributed by atoms with Gasteiger partial charge in [-0.3, -0.25) is 0 Å². The molecule has 1 aromatic carbocycles. The Bertz CT molecular complexity index is 364. The van der Waals surface area contributed by atoms with E-state index < -0.39 is 29.2 Å². The highest BCUT2D eigenvalue weighted by Gasteiger charge is 2.36. The van der Waals surface area contributed by atoms with Crippen molar-refractivity contribution >= 4 is 0 Å². The monoisotopic (exact) mass is 237 g/mol. The predicted octanol–water partition coefficient (Wildman–Crippen LogP) is 2.23. The summed E-state index contributed by atoms with van der Waals surface area (Å²) in [5.41, 5.74) is 3.22. The van der Waals surface area contributed by atoms with Gasteiger partial charge in [-0.15, -0.1) is 0 Å². The topological polar surface area (TPSA) is 46.2 Å². The van der Waals surface area contributed by atoms with Crippen molar-refractivity contribution in [3.8, 4) is 0 Å². The summed E-state index contributed by atoms with van der Waals surface area (Å²) in [5.74, 6) is -1.07. The van der Waals surface area contributed by atoms with Gasteiger partial charge in [0.25, 0.3) is 0 Å². The van der Waals surface area contributed by atoms with E-state index in [1.54, 1.807) is 0 Å². The van der Waals surface area contributed by atoms with Gasteiger partial charge in [-0.25, -0.2) is 4.39 Å². The van der Waals surface area contributed by atoms with Crippen LogP contribution in [0.4, 0.5) is 17.6 Å². The molecule has 0 fully saturated rings. The van der Waals surface area contributed by atoms with Crippen molar-refractivity contribution in [3.05, 3.63) is 35.1 Å². The third-order valence-electron chi connectivity index (χ3n) is 2.13. The second-order valence-corrected chi connectivity index (χ2v) is 3.29. The average Bonchev–Trinajstić information content (AvgIpc) is 2.16. The predicted molar refractivity (Wildman–Crippen MR) is 50.0 cm³/mol. The summed E-state index contributed by atoms with van der Waals surface area (Å²) in [6, 6.07) is 2.57. The maximum atomic E-state index is 13.3. The Balaban J connectivity index is 3.24. The van der Waals surface area contributed by atoms with Gasteiger partial charge in [0.05, 0.1) is 11.7 Å². The molecule has 1 unspecified atom stereocenters. The van der Waals surface area contributed by atoms with Crippen LogP contribution in [0.25, 0.3) is 0 Å². The highest BCUT2D eigenvalue weighted by molar-refractivity contribution is 5.32. The van der Waals surface area contributed by atoms with E-state index >= 15 is 0 Å². The molecule has 90 valence electrons. The molecule has 1 rings (SSSR count). The van der Waals surface area contributed by atoms with Crippen LogP contribution in [0.15, 0.2) is 18.2 Å². The molecule has 6 heteroatoms. The van der Waals surface area contributed by atoms with Crippen LogP contribution in [-0.4, -0.2) is 11.7 Å². The number of aliphatic hydroxyl groups excluding tert-OH is 1. The Labute approximate surface area is 89.7 Å². The van der Waals surface area contributed by atoms with Crippen LogP contribution in [0.1, 0.15) is 23.7 Å². The van der Waals surface area contributed by atoms with Crippen LogP contribution < -0.4 is 5.73 Å². The molecular formula is C10H11F4NO. The Morgan fingerprint density at radius 1 is 1.31 bits per heavy atom. The second-order valence-electron chi connectivity index (χ2n) is 3.29. The van der Waals surface area contributed by atoms with E-state index in [1.165, 1.54) is 0 Å². The van der Waals surface area contributed by atoms with Gasteiger partial charge >= 0.3 is 6.18 Å². The molecule has 0 amide bonds. The summed E-state index contributed by atoms with van der Waals surface area (Å²) in [6.45, 7) is -0.0210. The first-order valence-corrected chi connectivity index (χ1v) is 4.61. The maximum Gasteiger partial charge on any atom is 0.416 e. The molecule has 0 bridgehead atoms. The van der Waals surface area contributed by atoms with Crippen molar-refractivity contribution in [2.75, 3.05) is 6.54 Å². The van der Waals surface area contributed by atoms with Gasteiger partial charge in [0, 0.05) is 5.56 Å². The standard InChI is InChI=1S/C10H11F4NO/c11-7-3-1-2-6(10(12,13)14)9(7)8(16)4-5-15/h1-3,8,16H,4-5,15H2. The van der Waals surface area contributed by atoms with Crippen molar-refractivity contribution in [1.82, 2.24) is 0 Å². The van der Waals surface area contributed by atoms with E-state index in [-0.39, 0.29) is 13.0 Å². The van der Waals surface area contributed by atoms with E-state index in [0.717, 1.165) is 18.2 Å². The molecular weight excluding hydrogens is 226 g/mol. The summed E-state index contributed by atoms with van der Waals surface area (Å²) < 4.78 is 50.8. The molecule has 1 atom stereocenters. The van der Waals surface area contributed by atoms with Crippen molar-refractivity contribution in [2.24, 2.45) is 5.73 Å². The summed E-state index contributed by atoms with van der Waals surface area (Å²) in [5, 5.41) is 9.43. The number of benzene rings is 1. The van der Waals surface area contributed by atoms with E-state index in [9.17, 15) is 22.7 Å². The van der Waals surface area contributed by atoms with E-state index in [1.807, 2.05) is 0 Å². The van der Waals surface area contributed by atoms with E-state index in [2.05, 4.69) is 0 Å². The fourth-order valence-corrected chi connectivity index (χ4v) is 1.43. The Hall–Kier alpha value is -1.14. The number of hydrogen-bond acceptors (Lipinski definition) is 2. The molecule has 0 saturated carbocycles. The molecule has 0 aliphatic rings. The van der Waals surface area contributed by atoms with Crippen LogP contribution >= 0.6 is 0 Å². The quantitative estimate of drug-likeness (QED) is 0.792. The molecule has 0 spiro atoms. The summed E-state index contributed by atoms with van der Waals surface area (Å²) >= 11 is 0. The number of nitrogens with two attached hydrogens (primary N) is 1. The Morgan fingerprint density at radius 2 is 1.94 bits per heavy atom. The van der Waals surface area contributed by atoms with Crippen molar-refractivity contribution in [1.29, 1.82) is 0 Å². The van der Waals surface area contributed by atoms with Gasteiger partial charge in [-0.1, -0.05) is 6.07 Å². The highest BCUT2D eigenvalue weighted by Crippen LogP contribution is 2.36. The van der Waals surface area contributed by atoms with Gasteiger partial charge in [0.2, 0.25) is 0 Å². The lowest BCUT2D eigenvalue weighted by Crippen LogP contribution is -2.16. The second kappa shape index (κ2) is 4.80. The highest BCUT2D eigenvalue weighted by atomic mass is 19.4. The van der Waals surface area contributed by atoms with Gasteiger partial charge in [0.15, 0.2) is 0 Å². The minimum Gasteiger partial charge on any atom is -0.388 e. The average molecular weight is 237 g/mol.